The number of rotatable bonds is 3. The first kappa shape index (κ1) is 8.96. The molecule has 0 aliphatic rings. The van der Waals surface area contributed by atoms with Crippen LogP contribution in [0.25, 0.3) is 10.6 Å². The minimum atomic E-state index is -0.864. The number of aromatic nitrogens is 1. The lowest BCUT2D eigenvalue weighted by Crippen LogP contribution is -1.99. The van der Waals surface area contributed by atoms with Gasteiger partial charge >= 0.3 is 5.97 Å². The standard InChI is InChI=1S/C9H7NO3S/c11-8(12)3-6-1-2-13-9(6)7-4-10-5-14-7/h1-2,4-5H,3H2,(H,11,12). The van der Waals surface area contributed by atoms with Crippen molar-refractivity contribution >= 4 is 17.3 Å². The molecule has 0 saturated heterocycles. The molecule has 0 saturated carbocycles. The normalized spacial score (nSPS) is 10.3. The lowest BCUT2D eigenvalue weighted by molar-refractivity contribution is -0.136. The van der Waals surface area contributed by atoms with Crippen LogP contribution in [0.5, 0.6) is 0 Å². The van der Waals surface area contributed by atoms with Gasteiger partial charge in [-0.2, -0.15) is 0 Å². The fourth-order valence-corrected chi connectivity index (χ4v) is 1.83. The summed E-state index contributed by atoms with van der Waals surface area (Å²) in [5.41, 5.74) is 2.37. The Kier molecular flexibility index (Phi) is 2.32. The SMILES string of the molecule is O=C(O)Cc1ccoc1-c1cncs1. The Morgan fingerprint density at radius 2 is 2.50 bits per heavy atom. The first-order valence-corrected chi connectivity index (χ1v) is 4.82. The molecule has 1 N–H and O–H groups in total. The van der Waals surface area contributed by atoms with Crippen molar-refractivity contribution in [1.29, 1.82) is 0 Å². The Morgan fingerprint density at radius 3 is 3.14 bits per heavy atom. The van der Waals surface area contributed by atoms with E-state index >= 15 is 0 Å². The smallest absolute Gasteiger partial charge is 0.307 e. The number of carboxylic acids is 1. The lowest BCUT2D eigenvalue weighted by Gasteiger charge is -1.95. The van der Waals surface area contributed by atoms with Crippen molar-refractivity contribution in [3.05, 3.63) is 29.6 Å². The van der Waals surface area contributed by atoms with Crippen LogP contribution < -0.4 is 0 Å². The molecule has 0 fully saturated rings. The fourth-order valence-electron chi connectivity index (χ4n) is 1.18. The van der Waals surface area contributed by atoms with Crippen LogP contribution in [0.2, 0.25) is 0 Å². The zero-order chi connectivity index (χ0) is 9.97. The minimum Gasteiger partial charge on any atom is -0.481 e. The fraction of sp³-hybridized carbons (Fsp3) is 0.111. The maximum Gasteiger partial charge on any atom is 0.307 e. The zero-order valence-electron chi connectivity index (χ0n) is 7.14. The molecule has 0 amide bonds. The van der Waals surface area contributed by atoms with E-state index in [1.807, 2.05) is 0 Å². The average molecular weight is 209 g/mol. The predicted molar refractivity (Wildman–Crippen MR) is 51.2 cm³/mol. The van der Waals surface area contributed by atoms with Crippen LogP contribution in [0.15, 0.2) is 28.5 Å². The summed E-state index contributed by atoms with van der Waals surface area (Å²) in [4.78, 5) is 15.3. The van der Waals surface area contributed by atoms with Crippen LogP contribution in [-0.4, -0.2) is 16.1 Å². The monoisotopic (exact) mass is 209 g/mol. The molecule has 2 aromatic heterocycles. The molecule has 72 valence electrons. The lowest BCUT2D eigenvalue weighted by atomic mass is 10.2. The molecule has 2 aromatic rings. The molecule has 0 aliphatic carbocycles. The molecule has 14 heavy (non-hydrogen) atoms. The van der Waals surface area contributed by atoms with E-state index < -0.39 is 5.97 Å². The van der Waals surface area contributed by atoms with Gasteiger partial charge in [0.2, 0.25) is 0 Å². The number of aliphatic carboxylic acids is 1. The van der Waals surface area contributed by atoms with Gasteiger partial charge < -0.3 is 9.52 Å². The van der Waals surface area contributed by atoms with Gasteiger partial charge in [0.15, 0.2) is 0 Å². The Morgan fingerprint density at radius 1 is 1.64 bits per heavy atom. The number of hydrogen-bond donors (Lipinski definition) is 1. The predicted octanol–water partition coefficient (Wildman–Crippen LogP) is 2.03. The molecule has 0 bridgehead atoms. The summed E-state index contributed by atoms with van der Waals surface area (Å²) in [5, 5.41) is 8.65. The third-order valence-electron chi connectivity index (χ3n) is 1.74. The number of nitrogens with zero attached hydrogens (tertiary/aromatic N) is 1. The van der Waals surface area contributed by atoms with E-state index in [1.165, 1.54) is 17.6 Å². The molecule has 0 atom stereocenters. The highest BCUT2D eigenvalue weighted by atomic mass is 32.1. The second-order valence-electron chi connectivity index (χ2n) is 2.71. The van der Waals surface area contributed by atoms with Crippen LogP contribution in [0, 0.1) is 0 Å². The van der Waals surface area contributed by atoms with Gasteiger partial charge in [0.25, 0.3) is 0 Å². The minimum absolute atomic E-state index is 0.0241. The Bertz CT molecular complexity index is 433. The van der Waals surface area contributed by atoms with E-state index in [0.29, 0.717) is 11.3 Å². The molecular weight excluding hydrogens is 202 g/mol. The molecule has 4 nitrogen and oxygen atoms in total. The Hall–Kier alpha value is -1.62. The largest absolute Gasteiger partial charge is 0.481 e. The van der Waals surface area contributed by atoms with Gasteiger partial charge in [-0.15, -0.1) is 11.3 Å². The molecule has 2 heterocycles. The molecule has 0 aliphatic heterocycles. The maximum atomic E-state index is 10.5. The van der Waals surface area contributed by atoms with Gasteiger partial charge in [0.1, 0.15) is 5.76 Å². The molecule has 5 heteroatoms. The summed E-state index contributed by atoms with van der Waals surface area (Å²) in [5.74, 6) is -0.257. The number of hydrogen-bond acceptors (Lipinski definition) is 4. The van der Waals surface area contributed by atoms with E-state index in [2.05, 4.69) is 4.98 Å². The van der Waals surface area contributed by atoms with Gasteiger partial charge in [-0.3, -0.25) is 9.78 Å². The van der Waals surface area contributed by atoms with Gasteiger partial charge in [-0.05, 0) is 6.07 Å². The highest BCUT2D eigenvalue weighted by Gasteiger charge is 2.12. The summed E-state index contributed by atoms with van der Waals surface area (Å²) in [6.07, 6.45) is 3.13. The topological polar surface area (TPSA) is 63.3 Å². The summed E-state index contributed by atoms with van der Waals surface area (Å²) in [6, 6.07) is 1.67. The third kappa shape index (κ3) is 1.67. The Labute approximate surface area is 83.8 Å². The van der Waals surface area contributed by atoms with Crippen LogP contribution in [0.4, 0.5) is 0 Å². The van der Waals surface area contributed by atoms with Gasteiger partial charge in [-0.1, -0.05) is 0 Å². The summed E-state index contributed by atoms with van der Waals surface area (Å²) in [7, 11) is 0. The number of furan rings is 1. The second kappa shape index (κ2) is 3.63. The number of carbonyl (C=O) groups is 1. The Balaban J connectivity index is 2.35. The molecular formula is C9H7NO3S. The van der Waals surface area contributed by atoms with Crippen molar-refractivity contribution in [2.45, 2.75) is 6.42 Å². The van der Waals surface area contributed by atoms with E-state index in [4.69, 9.17) is 9.52 Å². The molecule has 0 aromatic carbocycles. The van der Waals surface area contributed by atoms with Crippen molar-refractivity contribution in [2.24, 2.45) is 0 Å². The van der Waals surface area contributed by atoms with Gasteiger partial charge in [-0.25, -0.2) is 0 Å². The summed E-state index contributed by atoms with van der Waals surface area (Å²) in [6.45, 7) is 0. The van der Waals surface area contributed by atoms with Crippen molar-refractivity contribution in [3.8, 4) is 10.6 Å². The average Bonchev–Trinajstić information content (AvgIpc) is 2.70. The molecule has 2 rings (SSSR count). The molecule has 0 unspecified atom stereocenters. The van der Waals surface area contributed by atoms with Crippen molar-refractivity contribution < 1.29 is 14.3 Å². The van der Waals surface area contributed by atoms with Crippen LogP contribution >= 0.6 is 11.3 Å². The van der Waals surface area contributed by atoms with Crippen LogP contribution in [0.3, 0.4) is 0 Å². The third-order valence-corrected chi connectivity index (χ3v) is 2.52. The first-order chi connectivity index (χ1) is 6.77. The zero-order valence-corrected chi connectivity index (χ0v) is 7.95. The molecule has 0 radical (unpaired) electrons. The van der Waals surface area contributed by atoms with Crippen LogP contribution in [0.1, 0.15) is 5.56 Å². The quantitative estimate of drug-likeness (QED) is 0.840. The van der Waals surface area contributed by atoms with Crippen LogP contribution in [-0.2, 0) is 11.2 Å². The summed E-state index contributed by atoms with van der Waals surface area (Å²) >= 11 is 1.42. The van der Waals surface area contributed by atoms with Crippen molar-refractivity contribution in [3.63, 3.8) is 0 Å². The van der Waals surface area contributed by atoms with Crippen molar-refractivity contribution in [1.82, 2.24) is 4.98 Å². The van der Waals surface area contributed by atoms with Crippen molar-refractivity contribution in [2.75, 3.05) is 0 Å². The van der Waals surface area contributed by atoms with E-state index in [0.717, 1.165) is 4.88 Å². The van der Waals surface area contributed by atoms with Gasteiger partial charge in [0.05, 0.1) is 23.1 Å². The van der Waals surface area contributed by atoms with E-state index in [1.54, 1.807) is 17.8 Å². The van der Waals surface area contributed by atoms with Gasteiger partial charge in [0, 0.05) is 11.8 Å². The summed E-state index contributed by atoms with van der Waals surface area (Å²) < 4.78 is 5.22. The highest BCUT2D eigenvalue weighted by molar-refractivity contribution is 7.13. The number of carboxylic acid groups (broad SMARTS) is 1. The molecule has 0 spiro atoms. The first-order valence-electron chi connectivity index (χ1n) is 3.94. The van der Waals surface area contributed by atoms with E-state index in [9.17, 15) is 4.79 Å². The maximum absolute atomic E-state index is 10.5. The van der Waals surface area contributed by atoms with E-state index in [-0.39, 0.29) is 6.42 Å². The highest BCUT2D eigenvalue weighted by Crippen LogP contribution is 2.28. The number of thiazole rings is 1. The second-order valence-corrected chi connectivity index (χ2v) is 3.60.